The van der Waals surface area contributed by atoms with Gasteiger partial charge in [0.1, 0.15) is 5.82 Å². The van der Waals surface area contributed by atoms with Crippen LogP contribution in [0.4, 0.5) is 11.5 Å². The maximum atomic E-state index is 12.4. The molecule has 2 aromatic rings. The van der Waals surface area contributed by atoms with Crippen molar-refractivity contribution in [2.75, 3.05) is 36.4 Å². The van der Waals surface area contributed by atoms with Crippen LogP contribution in [0.5, 0.6) is 0 Å². The third kappa shape index (κ3) is 4.15. The van der Waals surface area contributed by atoms with Crippen molar-refractivity contribution in [3.05, 3.63) is 53.7 Å². The van der Waals surface area contributed by atoms with Crippen LogP contribution in [-0.2, 0) is 9.59 Å². The maximum Gasteiger partial charge on any atom is 0.313 e. The number of carbonyl (C=O) groups excluding carboxylic acids is 2. The Hall–Kier alpha value is -2.89. The van der Waals surface area contributed by atoms with E-state index in [1.807, 2.05) is 50.2 Å². The van der Waals surface area contributed by atoms with Gasteiger partial charge in [-0.2, -0.15) is 0 Å². The van der Waals surface area contributed by atoms with Crippen LogP contribution in [0.25, 0.3) is 0 Å². The largest absolute Gasteiger partial charge is 0.353 e. The van der Waals surface area contributed by atoms with E-state index >= 15 is 0 Å². The molecular weight excluding hydrogens is 316 g/mol. The Balaban J connectivity index is 1.57. The lowest BCUT2D eigenvalue weighted by molar-refractivity contribution is -0.143. The van der Waals surface area contributed by atoms with Gasteiger partial charge in [-0.15, -0.1) is 0 Å². The Morgan fingerprint density at radius 3 is 2.28 bits per heavy atom. The second kappa shape index (κ2) is 7.34. The monoisotopic (exact) mass is 338 g/mol. The van der Waals surface area contributed by atoms with Crippen molar-refractivity contribution in [3.8, 4) is 0 Å². The quantitative estimate of drug-likeness (QED) is 0.851. The van der Waals surface area contributed by atoms with Crippen LogP contribution >= 0.6 is 0 Å². The van der Waals surface area contributed by atoms with Crippen LogP contribution in [0.2, 0.25) is 0 Å². The molecule has 1 saturated heterocycles. The molecule has 0 bridgehead atoms. The molecule has 6 heteroatoms. The molecule has 6 nitrogen and oxygen atoms in total. The van der Waals surface area contributed by atoms with Gasteiger partial charge in [-0.1, -0.05) is 12.1 Å². The number of benzene rings is 1. The first-order valence-corrected chi connectivity index (χ1v) is 8.37. The van der Waals surface area contributed by atoms with Gasteiger partial charge >= 0.3 is 11.8 Å². The molecule has 2 heterocycles. The Morgan fingerprint density at radius 1 is 1.00 bits per heavy atom. The van der Waals surface area contributed by atoms with Gasteiger partial charge in [0.25, 0.3) is 0 Å². The summed E-state index contributed by atoms with van der Waals surface area (Å²) in [5.74, 6) is -0.176. The zero-order chi connectivity index (χ0) is 17.8. The molecule has 1 aliphatic heterocycles. The summed E-state index contributed by atoms with van der Waals surface area (Å²) in [5.41, 5.74) is 2.75. The SMILES string of the molecule is Cc1cc(C)cc(NC(=O)C(=O)N2CCN(c3ccccn3)CC2)c1. The summed E-state index contributed by atoms with van der Waals surface area (Å²) < 4.78 is 0. The lowest BCUT2D eigenvalue weighted by atomic mass is 10.1. The highest BCUT2D eigenvalue weighted by atomic mass is 16.2. The summed E-state index contributed by atoms with van der Waals surface area (Å²) in [6.07, 6.45) is 1.75. The first kappa shape index (κ1) is 17.0. The highest BCUT2D eigenvalue weighted by molar-refractivity contribution is 6.39. The first-order valence-electron chi connectivity index (χ1n) is 8.37. The van der Waals surface area contributed by atoms with Gasteiger partial charge in [0, 0.05) is 38.1 Å². The number of carbonyl (C=O) groups is 2. The van der Waals surface area contributed by atoms with Gasteiger partial charge in [-0.25, -0.2) is 4.98 Å². The second-order valence-electron chi connectivity index (χ2n) is 6.30. The van der Waals surface area contributed by atoms with E-state index in [0.717, 1.165) is 16.9 Å². The minimum atomic E-state index is -0.587. The number of nitrogens with zero attached hydrogens (tertiary/aromatic N) is 3. The number of aryl methyl sites for hydroxylation is 2. The molecule has 3 rings (SSSR count). The minimum absolute atomic E-state index is 0.486. The number of nitrogens with one attached hydrogen (secondary N) is 1. The van der Waals surface area contributed by atoms with E-state index in [1.165, 1.54) is 0 Å². The molecule has 0 spiro atoms. The third-order valence-electron chi connectivity index (χ3n) is 4.21. The van der Waals surface area contributed by atoms with Crippen LogP contribution in [0, 0.1) is 13.8 Å². The minimum Gasteiger partial charge on any atom is -0.353 e. The van der Waals surface area contributed by atoms with Crippen molar-refractivity contribution in [3.63, 3.8) is 0 Å². The molecule has 0 atom stereocenters. The van der Waals surface area contributed by atoms with Crippen molar-refractivity contribution < 1.29 is 9.59 Å². The number of amides is 2. The van der Waals surface area contributed by atoms with E-state index in [1.54, 1.807) is 11.1 Å². The molecule has 2 amide bonds. The van der Waals surface area contributed by atoms with Gasteiger partial charge < -0.3 is 15.1 Å². The third-order valence-corrected chi connectivity index (χ3v) is 4.21. The van der Waals surface area contributed by atoms with Crippen LogP contribution < -0.4 is 10.2 Å². The van der Waals surface area contributed by atoms with Gasteiger partial charge in [0.15, 0.2) is 0 Å². The van der Waals surface area contributed by atoms with E-state index in [-0.39, 0.29) is 0 Å². The predicted molar refractivity (Wildman–Crippen MR) is 97.6 cm³/mol. The van der Waals surface area contributed by atoms with Crippen molar-refractivity contribution in [1.29, 1.82) is 0 Å². The lowest BCUT2D eigenvalue weighted by Crippen LogP contribution is -2.51. The van der Waals surface area contributed by atoms with Gasteiger partial charge in [-0.05, 0) is 49.2 Å². The first-order chi connectivity index (χ1) is 12.0. The van der Waals surface area contributed by atoms with Crippen molar-refractivity contribution >= 4 is 23.3 Å². The maximum absolute atomic E-state index is 12.4. The molecule has 1 aromatic carbocycles. The Kier molecular flexibility index (Phi) is 4.97. The molecule has 25 heavy (non-hydrogen) atoms. The number of pyridine rings is 1. The second-order valence-corrected chi connectivity index (χ2v) is 6.30. The van der Waals surface area contributed by atoms with Crippen LogP contribution in [0.3, 0.4) is 0 Å². The number of aromatic nitrogens is 1. The Labute approximate surface area is 147 Å². The molecule has 1 N–H and O–H groups in total. The summed E-state index contributed by atoms with van der Waals surface area (Å²) in [5, 5.41) is 2.71. The van der Waals surface area contributed by atoms with Gasteiger partial charge in [0.05, 0.1) is 0 Å². The molecular formula is C19H22N4O2. The smallest absolute Gasteiger partial charge is 0.313 e. The van der Waals surface area contributed by atoms with E-state index in [9.17, 15) is 9.59 Å². The predicted octanol–water partition coefficient (Wildman–Crippen LogP) is 1.99. The van der Waals surface area contributed by atoms with Crippen LogP contribution in [-0.4, -0.2) is 47.9 Å². The summed E-state index contributed by atoms with van der Waals surface area (Å²) in [7, 11) is 0. The summed E-state index contributed by atoms with van der Waals surface area (Å²) in [6.45, 7) is 6.27. The topological polar surface area (TPSA) is 65.5 Å². The van der Waals surface area contributed by atoms with E-state index in [4.69, 9.17) is 0 Å². The summed E-state index contributed by atoms with van der Waals surface area (Å²) >= 11 is 0. The Morgan fingerprint density at radius 2 is 1.68 bits per heavy atom. The number of hydrogen-bond donors (Lipinski definition) is 1. The summed E-state index contributed by atoms with van der Waals surface area (Å²) in [4.78, 5) is 32.7. The molecule has 130 valence electrons. The summed E-state index contributed by atoms with van der Waals surface area (Å²) in [6, 6.07) is 11.5. The molecule has 1 aliphatic rings. The van der Waals surface area contributed by atoms with E-state index in [0.29, 0.717) is 31.9 Å². The fraction of sp³-hybridized carbons (Fsp3) is 0.316. The highest BCUT2D eigenvalue weighted by Gasteiger charge is 2.26. The van der Waals surface area contributed by atoms with Crippen LogP contribution in [0.1, 0.15) is 11.1 Å². The normalized spacial score (nSPS) is 14.3. The average Bonchev–Trinajstić information content (AvgIpc) is 2.61. The number of rotatable bonds is 2. The zero-order valence-corrected chi connectivity index (χ0v) is 14.5. The zero-order valence-electron chi connectivity index (χ0n) is 14.5. The fourth-order valence-electron chi connectivity index (χ4n) is 3.05. The van der Waals surface area contributed by atoms with Gasteiger partial charge in [-0.3, -0.25) is 9.59 Å². The average molecular weight is 338 g/mol. The fourth-order valence-corrected chi connectivity index (χ4v) is 3.05. The van der Waals surface area contributed by atoms with Crippen LogP contribution in [0.15, 0.2) is 42.6 Å². The lowest BCUT2D eigenvalue weighted by Gasteiger charge is -2.35. The van der Waals surface area contributed by atoms with E-state index < -0.39 is 11.8 Å². The van der Waals surface area contributed by atoms with Crippen molar-refractivity contribution in [2.45, 2.75) is 13.8 Å². The van der Waals surface area contributed by atoms with E-state index in [2.05, 4.69) is 15.2 Å². The molecule has 0 saturated carbocycles. The van der Waals surface area contributed by atoms with Crippen molar-refractivity contribution in [1.82, 2.24) is 9.88 Å². The standard InChI is InChI=1S/C19H22N4O2/c1-14-11-15(2)13-16(12-14)21-18(24)19(25)23-9-7-22(8-10-23)17-5-3-4-6-20-17/h3-6,11-13H,7-10H2,1-2H3,(H,21,24). The number of anilines is 2. The van der Waals surface area contributed by atoms with Gasteiger partial charge in [0.2, 0.25) is 0 Å². The number of piperazine rings is 1. The van der Waals surface area contributed by atoms with Crippen molar-refractivity contribution in [2.24, 2.45) is 0 Å². The Bertz CT molecular complexity index is 748. The molecule has 0 unspecified atom stereocenters. The molecule has 1 fully saturated rings. The molecule has 0 radical (unpaired) electrons. The molecule has 1 aromatic heterocycles. The number of hydrogen-bond acceptors (Lipinski definition) is 4. The highest BCUT2D eigenvalue weighted by Crippen LogP contribution is 2.15. The molecule has 0 aliphatic carbocycles.